The Labute approximate surface area is 77.6 Å². The summed E-state index contributed by atoms with van der Waals surface area (Å²) in [6.07, 6.45) is 6.33. The van der Waals surface area contributed by atoms with Crippen molar-refractivity contribution in [2.24, 2.45) is 5.73 Å². The standard InChI is InChI=1S/C9H14N4/c10-9-1-7(2-11-5-9)8-3-12-6-13-4-8/h3-4,6-7,9,11H,1-2,5,10H2. The van der Waals surface area contributed by atoms with Crippen molar-refractivity contribution in [2.75, 3.05) is 13.1 Å². The average molecular weight is 178 g/mol. The molecular weight excluding hydrogens is 164 g/mol. The molecule has 0 aliphatic carbocycles. The molecule has 13 heavy (non-hydrogen) atoms. The fourth-order valence-electron chi connectivity index (χ4n) is 1.75. The van der Waals surface area contributed by atoms with E-state index in [-0.39, 0.29) is 6.04 Å². The Morgan fingerprint density at radius 3 is 2.77 bits per heavy atom. The normalized spacial score (nSPS) is 28.7. The molecule has 2 heterocycles. The summed E-state index contributed by atoms with van der Waals surface area (Å²) in [4.78, 5) is 8.01. The number of hydrogen-bond donors (Lipinski definition) is 2. The van der Waals surface area contributed by atoms with Gasteiger partial charge in [-0.15, -0.1) is 0 Å². The average Bonchev–Trinajstić information content (AvgIpc) is 2.19. The Morgan fingerprint density at radius 2 is 2.08 bits per heavy atom. The van der Waals surface area contributed by atoms with E-state index < -0.39 is 0 Å². The first kappa shape index (κ1) is 8.59. The zero-order chi connectivity index (χ0) is 9.10. The molecule has 3 N–H and O–H groups in total. The van der Waals surface area contributed by atoms with Crippen molar-refractivity contribution in [3.63, 3.8) is 0 Å². The van der Waals surface area contributed by atoms with E-state index in [1.165, 1.54) is 5.56 Å². The number of hydrogen-bond acceptors (Lipinski definition) is 4. The highest BCUT2D eigenvalue weighted by molar-refractivity contribution is 5.12. The first-order valence-corrected chi connectivity index (χ1v) is 4.57. The Bertz CT molecular complexity index is 262. The van der Waals surface area contributed by atoms with Crippen LogP contribution < -0.4 is 11.1 Å². The molecule has 0 radical (unpaired) electrons. The van der Waals surface area contributed by atoms with E-state index in [0.717, 1.165) is 19.5 Å². The Hall–Kier alpha value is -1.00. The van der Waals surface area contributed by atoms with E-state index in [0.29, 0.717) is 5.92 Å². The van der Waals surface area contributed by atoms with Gasteiger partial charge in [0, 0.05) is 37.4 Å². The van der Waals surface area contributed by atoms with Gasteiger partial charge in [0.05, 0.1) is 0 Å². The maximum Gasteiger partial charge on any atom is 0.115 e. The number of nitrogens with one attached hydrogen (secondary N) is 1. The molecule has 0 bridgehead atoms. The SMILES string of the molecule is NC1CNCC(c2cncnc2)C1. The summed E-state index contributed by atoms with van der Waals surface area (Å²) in [7, 11) is 0. The van der Waals surface area contributed by atoms with Crippen LogP contribution in [0.25, 0.3) is 0 Å². The second kappa shape index (κ2) is 3.81. The quantitative estimate of drug-likeness (QED) is 0.629. The molecule has 2 rings (SSSR count). The fraction of sp³-hybridized carbons (Fsp3) is 0.556. The van der Waals surface area contributed by atoms with Gasteiger partial charge in [-0.1, -0.05) is 0 Å². The van der Waals surface area contributed by atoms with Crippen LogP contribution in [0.5, 0.6) is 0 Å². The summed E-state index contributed by atoms with van der Waals surface area (Å²) in [5.41, 5.74) is 7.04. The molecule has 2 atom stereocenters. The van der Waals surface area contributed by atoms with E-state index in [1.807, 2.05) is 12.4 Å². The lowest BCUT2D eigenvalue weighted by Crippen LogP contribution is -2.43. The molecule has 0 amide bonds. The van der Waals surface area contributed by atoms with Crippen LogP contribution in [0.1, 0.15) is 17.9 Å². The number of nitrogens with two attached hydrogens (primary N) is 1. The van der Waals surface area contributed by atoms with Crippen LogP contribution in [-0.2, 0) is 0 Å². The van der Waals surface area contributed by atoms with E-state index in [2.05, 4.69) is 15.3 Å². The molecule has 1 aliphatic rings. The monoisotopic (exact) mass is 178 g/mol. The molecule has 1 aliphatic heterocycles. The summed E-state index contributed by atoms with van der Waals surface area (Å²) in [6.45, 7) is 1.91. The van der Waals surface area contributed by atoms with E-state index in [4.69, 9.17) is 5.73 Å². The molecule has 2 unspecified atom stereocenters. The van der Waals surface area contributed by atoms with Crippen LogP contribution in [0.4, 0.5) is 0 Å². The first-order chi connectivity index (χ1) is 6.36. The highest BCUT2D eigenvalue weighted by atomic mass is 14.9. The van der Waals surface area contributed by atoms with E-state index in [9.17, 15) is 0 Å². The van der Waals surface area contributed by atoms with Crippen molar-refractivity contribution in [3.8, 4) is 0 Å². The van der Waals surface area contributed by atoms with Gasteiger partial charge in [0.1, 0.15) is 6.33 Å². The zero-order valence-electron chi connectivity index (χ0n) is 7.48. The van der Waals surface area contributed by atoms with Crippen molar-refractivity contribution in [2.45, 2.75) is 18.4 Å². The third kappa shape index (κ3) is 2.02. The summed E-state index contributed by atoms with van der Waals surface area (Å²) in [6, 6.07) is 0.263. The topological polar surface area (TPSA) is 63.8 Å². The van der Waals surface area contributed by atoms with Gasteiger partial charge in [0.25, 0.3) is 0 Å². The lowest BCUT2D eigenvalue weighted by atomic mass is 9.91. The van der Waals surface area contributed by atoms with Crippen LogP contribution in [-0.4, -0.2) is 29.1 Å². The molecular formula is C9H14N4. The minimum atomic E-state index is 0.263. The highest BCUT2D eigenvalue weighted by Crippen LogP contribution is 2.20. The largest absolute Gasteiger partial charge is 0.327 e. The molecule has 0 spiro atoms. The van der Waals surface area contributed by atoms with E-state index >= 15 is 0 Å². The van der Waals surface area contributed by atoms with Gasteiger partial charge in [-0.25, -0.2) is 9.97 Å². The number of nitrogens with zero attached hydrogens (tertiary/aromatic N) is 2. The number of aromatic nitrogens is 2. The maximum atomic E-state index is 5.86. The van der Waals surface area contributed by atoms with Crippen LogP contribution in [0.15, 0.2) is 18.7 Å². The van der Waals surface area contributed by atoms with Crippen LogP contribution in [0.2, 0.25) is 0 Å². The Morgan fingerprint density at radius 1 is 1.31 bits per heavy atom. The molecule has 0 saturated carbocycles. The lowest BCUT2D eigenvalue weighted by Gasteiger charge is -2.27. The van der Waals surface area contributed by atoms with Crippen molar-refractivity contribution >= 4 is 0 Å². The van der Waals surface area contributed by atoms with Crippen LogP contribution in [0, 0.1) is 0 Å². The summed E-state index contributed by atoms with van der Waals surface area (Å²) in [5, 5.41) is 3.30. The van der Waals surface area contributed by atoms with Gasteiger partial charge >= 0.3 is 0 Å². The lowest BCUT2D eigenvalue weighted by molar-refractivity contribution is 0.410. The summed E-state index contributed by atoms with van der Waals surface area (Å²) in [5.74, 6) is 0.477. The second-order valence-corrected chi connectivity index (χ2v) is 3.52. The van der Waals surface area contributed by atoms with Crippen molar-refractivity contribution in [3.05, 3.63) is 24.3 Å². The van der Waals surface area contributed by atoms with Gasteiger partial charge < -0.3 is 11.1 Å². The predicted octanol–water partition coefficient (Wildman–Crippen LogP) is -0.119. The molecule has 1 saturated heterocycles. The molecule has 0 aromatic carbocycles. The molecule has 1 aromatic heterocycles. The Kier molecular flexibility index (Phi) is 2.52. The molecule has 1 aromatic rings. The molecule has 1 fully saturated rings. The van der Waals surface area contributed by atoms with Gasteiger partial charge in [-0.3, -0.25) is 0 Å². The smallest absolute Gasteiger partial charge is 0.115 e. The third-order valence-electron chi connectivity index (χ3n) is 2.44. The van der Waals surface area contributed by atoms with Crippen LogP contribution in [0.3, 0.4) is 0 Å². The Balaban J connectivity index is 2.08. The fourth-order valence-corrected chi connectivity index (χ4v) is 1.75. The van der Waals surface area contributed by atoms with Gasteiger partial charge in [-0.2, -0.15) is 0 Å². The van der Waals surface area contributed by atoms with Gasteiger partial charge in [0.2, 0.25) is 0 Å². The second-order valence-electron chi connectivity index (χ2n) is 3.52. The van der Waals surface area contributed by atoms with E-state index in [1.54, 1.807) is 6.33 Å². The van der Waals surface area contributed by atoms with Gasteiger partial charge in [0.15, 0.2) is 0 Å². The number of piperidine rings is 1. The molecule has 70 valence electrons. The van der Waals surface area contributed by atoms with Gasteiger partial charge in [-0.05, 0) is 12.0 Å². The first-order valence-electron chi connectivity index (χ1n) is 4.57. The zero-order valence-corrected chi connectivity index (χ0v) is 7.48. The summed E-state index contributed by atoms with van der Waals surface area (Å²) >= 11 is 0. The third-order valence-corrected chi connectivity index (χ3v) is 2.44. The predicted molar refractivity (Wildman–Crippen MR) is 50.2 cm³/mol. The highest BCUT2D eigenvalue weighted by Gasteiger charge is 2.20. The number of rotatable bonds is 1. The minimum Gasteiger partial charge on any atom is -0.327 e. The van der Waals surface area contributed by atoms with Crippen molar-refractivity contribution in [1.29, 1.82) is 0 Å². The van der Waals surface area contributed by atoms with Crippen molar-refractivity contribution < 1.29 is 0 Å². The maximum absolute atomic E-state index is 5.86. The minimum absolute atomic E-state index is 0.263. The van der Waals surface area contributed by atoms with Crippen molar-refractivity contribution in [1.82, 2.24) is 15.3 Å². The summed E-state index contributed by atoms with van der Waals surface area (Å²) < 4.78 is 0. The molecule has 4 heteroatoms. The van der Waals surface area contributed by atoms with Crippen LogP contribution >= 0.6 is 0 Å². The molecule has 4 nitrogen and oxygen atoms in total.